The standard InChI is InChI=1S/C12H12F2N2O7/c1-2-7-3-11(23-12(17)22-8(5-13)6-14)10(16(20)21)4-9(7)15(18)19/h3-4,8H,2,5-6H2,1H3. The lowest BCUT2D eigenvalue weighted by Crippen LogP contribution is -2.24. The summed E-state index contributed by atoms with van der Waals surface area (Å²) in [5.74, 6) is -0.612. The molecule has 0 atom stereocenters. The van der Waals surface area contributed by atoms with Crippen molar-refractivity contribution in [2.45, 2.75) is 19.4 Å². The Hall–Kier alpha value is -2.85. The van der Waals surface area contributed by atoms with Crippen molar-refractivity contribution in [2.75, 3.05) is 13.3 Å². The number of ether oxygens (including phenoxy) is 2. The molecule has 0 aliphatic rings. The zero-order valence-corrected chi connectivity index (χ0v) is 11.9. The highest BCUT2D eigenvalue weighted by Crippen LogP contribution is 2.35. The van der Waals surface area contributed by atoms with Gasteiger partial charge in [-0.3, -0.25) is 20.2 Å². The number of benzene rings is 1. The van der Waals surface area contributed by atoms with Crippen molar-refractivity contribution < 1.29 is 32.9 Å². The van der Waals surface area contributed by atoms with Gasteiger partial charge in [-0.05, 0) is 12.5 Å². The van der Waals surface area contributed by atoms with Crippen LogP contribution < -0.4 is 4.74 Å². The van der Waals surface area contributed by atoms with Gasteiger partial charge >= 0.3 is 11.8 Å². The topological polar surface area (TPSA) is 122 Å². The van der Waals surface area contributed by atoms with Crippen LogP contribution in [0.5, 0.6) is 5.75 Å². The zero-order chi connectivity index (χ0) is 17.6. The van der Waals surface area contributed by atoms with Crippen molar-refractivity contribution in [1.29, 1.82) is 0 Å². The molecule has 0 aliphatic carbocycles. The molecule has 1 aromatic carbocycles. The minimum absolute atomic E-state index is 0.0796. The summed E-state index contributed by atoms with van der Waals surface area (Å²) in [6.07, 6.45) is -3.10. The van der Waals surface area contributed by atoms with Crippen LogP contribution in [0, 0.1) is 20.2 Å². The average molecular weight is 334 g/mol. The minimum atomic E-state index is -1.69. The van der Waals surface area contributed by atoms with E-state index < -0.39 is 52.6 Å². The first-order chi connectivity index (χ1) is 10.8. The van der Waals surface area contributed by atoms with E-state index in [0.717, 1.165) is 6.07 Å². The van der Waals surface area contributed by atoms with Crippen LogP contribution in [0.2, 0.25) is 0 Å². The number of nitro benzene ring substituents is 2. The fourth-order valence-electron chi connectivity index (χ4n) is 1.63. The quantitative estimate of drug-likeness (QED) is 0.325. The summed E-state index contributed by atoms with van der Waals surface area (Å²) in [7, 11) is 0. The van der Waals surface area contributed by atoms with E-state index >= 15 is 0 Å². The van der Waals surface area contributed by atoms with Gasteiger partial charge in [0, 0.05) is 5.56 Å². The van der Waals surface area contributed by atoms with Gasteiger partial charge in [0.05, 0.1) is 15.9 Å². The summed E-state index contributed by atoms with van der Waals surface area (Å²) < 4.78 is 33.4. The Morgan fingerprint density at radius 1 is 1.17 bits per heavy atom. The van der Waals surface area contributed by atoms with Gasteiger partial charge in [0.1, 0.15) is 13.3 Å². The lowest BCUT2D eigenvalue weighted by atomic mass is 10.1. The molecule has 1 aromatic rings. The first-order valence-corrected chi connectivity index (χ1v) is 6.30. The molecule has 0 aromatic heterocycles. The summed E-state index contributed by atoms with van der Waals surface area (Å²) in [6, 6.07) is 1.58. The molecule has 126 valence electrons. The van der Waals surface area contributed by atoms with Crippen LogP contribution in [0.1, 0.15) is 12.5 Å². The number of rotatable bonds is 7. The van der Waals surface area contributed by atoms with Gasteiger partial charge in [-0.25, -0.2) is 13.6 Å². The van der Waals surface area contributed by atoms with Crippen molar-refractivity contribution >= 4 is 17.5 Å². The van der Waals surface area contributed by atoms with Gasteiger partial charge in [-0.1, -0.05) is 6.92 Å². The van der Waals surface area contributed by atoms with Gasteiger partial charge in [0.25, 0.3) is 5.69 Å². The largest absolute Gasteiger partial charge is 0.514 e. The van der Waals surface area contributed by atoms with Gasteiger partial charge in [-0.2, -0.15) is 0 Å². The molecule has 0 N–H and O–H groups in total. The highest BCUT2D eigenvalue weighted by Gasteiger charge is 2.27. The molecule has 0 spiro atoms. The van der Waals surface area contributed by atoms with Crippen LogP contribution in [0.4, 0.5) is 25.0 Å². The number of halogens is 2. The van der Waals surface area contributed by atoms with E-state index in [1.165, 1.54) is 0 Å². The highest BCUT2D eigenvalue weighted by atomic mass is 19.1. The van der Waals surface area contributed by atoms with Gasteiger partial charge in [0.2, 0.25) is 5.75 Å². The Morgan fingerprint density at radius 2 is 1.74 bits per heavy atom. The van der Waals surface area contributed by atoms with Crippen molar-refractivity contribution in [3.05, 3.63) is 37.9 Å². The van der Waals surface area contributed by atoms with E-state index in [0.29, 0.717) is 6.07 Å². The Balaban J connectivity index is 3.16. The minimum Gasteiger partial charge on any atom is -0.425 e. The van der Waals surface area contributed by atoms with Crippen LogP contribution in [0.3, 0.4) is 0 Å². The third-order valence-electron chi connectivity index (χ3n) is 2.73. The van der Waals surface area contributed by atoms with Crippen molar-refractivity contribution in [3.8, 4) is 5.75 Å². The normalized spacial score (nSPS) is 10.4. The first kappa shape index (κ1) is 18.2. The van der Waals surface area contributed by atoms with Crippen LogP contribution >= 0.6 is 0 Å². The van der Waals surface area contributed by atoms with E-state index in [2.05, 4.69) is 9.47 Å². The molecular formula is C12H12F2N2O7. The number of alkyl halides is 2. The highest BCUT2D eigenvalue weighted by molar-refractivity contribution is 5.68. The molecule has 0 saturated carbocycles. The number of nitrogens with zero attached hydrogens (tertiary/aromatic N) is 2. The van der Waals surface area contributed by atoms with Gasteiger partial charge < -0.3 is 9.47 Å². The summed E-state index contributed by atoms with van der Waals surface area (Å²) in [5.41, 5.74) is -1.27. The molecule has 0 radical (unpaired) electrons. The Bertz CT molecular complexity index is 620. The van der Waals surface area contributed by atoms with Gasteiger partial charge in [-0.15, -0.1) is 0 Å². The summed E-state index contributed by atoms with van der Waals surface area (Å²) in [5, 5.41) is 21.8. The molecule has 0 bridgehead atoms. The van der Waals surface area contributed by atoms with Gasteiger partial charge in [0.15, 0.2) is 6.10 Å². The Morgan fingerprint density at radius 3 is 2.17 bits per heavy atom. The molecule has 23 heavy (non-hydrogen) atoms. The van der Waals surface area contributed by atoms with E-state index in [1.54, 1.807) is 6.92 Å². The van der Waals surface area contributed by atoms with Crippen molar-refractivity contribution in [3.63, 3.8) is 0 Å². The fraction of sp³-hybridized carbons (Fsp3) is 0.417. The Kier molecular flexibility index (Phi) is 6.30. The predicted molar refractivity (Wildman–Crippen MR) is 72.0 cm³/mol. The summed E-state index contributed by atoms with van der Waals surface area (Å²) in [6.45, 7) is -1.04. The van der Waals surface area contributed by atoms with Crippen molar-refractivity contribution in [2.24, 2.45) is 0 Å². The molecular weight excluding hydrogens is 322 g/mol. The summed E-state index contributed by atoms with van der Waals surface area (Å²) in [4.78, 5) is 31.4. The molecule has 11 heteroatoms. The van der Waals surface area contributed by atoms with Crippen LogP contribution in [0.25, 0.3) is 0 Å². The van der Waals surface area contributed by atoms with Crippen LogP contribution in [-0.2, 0) is 11.2 Å². The molecule has 9 nitrogen and oxygen atoms in total. The lowest BCUT2D eigenvalue weighted by Gasteiger charge is -2.11. The first-order valence-electron chi connectivity index (χ1n) is 6.30. The number of carbonyl (C=O) groups excluding carboxylic acids is 1. The van der Waals surface area contributed by atoms with E-state index in [1.807, 2.05) is 0 Å². The zero-order valence-electron chi connectivity index (χ0n) is 11.9. The Labute approximate surface area is 128 Å². The second-order valence-electron chi connectivity index (χ2n) is 4.22. The smallest absolute Gasteiger partial charge is 0.425 e. The van der Waals surface area contributed by atoms with Crippen LogP contribution in [-0.4, -0.2) is 35.5 Å². The van der Waals surface area contributed by atoms with E-state index in [4.69, 9.17) is 0 Å². The monoisotopic (exact) mass is 334 g/mol. The number of aryl methyl sites for hydroxylation is 1. The second-order valence-corrected chi connectivity index (χ2v) is 4.22. The lowest BCUT2D eigenvalue weighted by molar-refractivity contribution is -0.395. The molecule has 0 unspecified atom stereocenters. The third kappa shape index (κ3) is 4.56. The number of hydrogen-bond acceptors (Lipinski definition) is 7. The number of nitro groups is 2. The van der Waals surface area contributed by atoms with Crippen LogP contribution in [0.15, 0.2) is 12.1 Å². The average Bonchev–Trinajstić information content (AvgIpc) is 2.51. The van der Waals surface area contributed by atoms with E-state index in [-0.39, 0.29) is 12.0 Å². The number of carbonyl (C=O) groups is 1. The molecule has 0 heterocycles. The van der Waals surface area contributed by atoms with Crippen molar-refractivity contribution in [1.82, 2.24) is 0 Å². The SMILES string of the molecule is CCc1cc(OC(=O)OC(CF)CF)c([N+](=O)[O-])cc1[N+](=O)[O-]. The third-order valence-corrected chi connectivity index (χ3v) is 2.73. The maximum atomic E-state index is 12.3. The fourth-order valence-corrected chi connectivity index (χ4v) is 1.63. The maximum absolute atomic E-state index is 12.3. The molecule has 1 rings (SSSR count). The summed E-state index contributed by atoms with van der Waals surface area (Å²) >= 11 is 0. The number of hydrogen-bond donors (Lipinski definition) is 0. The van der Waals surface area contributed by atoms with E-state index in [9.17, 15) is 33.8 Å². The molecule has 0 aliphatic heterocycles. The predicted octanol–water partition coefficient (Wildman–Crippen LogP) is 2.89. The maximum Gasteiger partial charge on any atom is 0.514 e. The molecule has 0 fully saturated rings. The molecule has 0 amide bonds. The second kappa shape index (κ2) is 7.96. The molecule has 0 saturated heterocycles.